The first-order chi connectivity index (χ1) is 3.47. The second kappa shape index (κ2) is 1.18. The summed E-state index contributed by atoms with van der Waals surface area (Å²) in [6.07, 6.45) is 8.46. The first kappa shape index (κ1) is 3.82. The van der Waals surface area contributed by atoms with Gasteiger partial charge in [-0.3, -0.25) is 0 Å². The molecule has 0 aromatic rings. The molecule has 0 N–H and O–H groups in total. The van der Waals surface area contributed by atoms with Crippen molar-refractivity contribution in [2.45, 2.75) is 25.7 Å². The van der Waals surface area contributed by atoms with Gasteiger partial charge in [-0.2, -0.15) is 0 Å². The third-order valence-electron chi connectivity index (χ3n) is 2.48. The summed E-state index contributed by atoms with van der Waals surface area (Å²) in [6.45, 7) is 0. The smallest absolute Gasteiger partial charge is 0.0416 e. The molecule has 38 valence electrons. The summed E-state index contributed by atoms with van der Waals surface area (Å²) >= 11 is 0. The van der Waals surface area contributed by atoms with Gasteiger partial charge in [-0.15, -0.1) is 0 Å². The quantitative estimate of drug-likeness (QED) is 0.404. The van der Waals surface area contributed by atoms with E-state index < -0.39 is 0 Å². The Labute approximate surface area is 44.9 Å². The highest BCUT2D eigenvalue weighted by atomic mass is 14.4. The van der Waals surface area contributed by atoms with Crippen molar-refractivity contribution < 1.29 is 0 Å². The van der Waals surface area contributed by atoms with Crippen LogP contribution >= 0.6 is 0 Å². The zero-order valence-corrected chi connectivity index (χ0v) is 4.56. The van der Waals surface area contributed by atoms with Gasteiger partial charge in [-0.05, 0) is 19.3 Å². The molecular weight excluding hydrogens is 84.1 g/mol. The standard InChI is InChI=1S/C7H11/c1-2-6-4-5-7(6)3-1/h2,6-7H,1,3-5H2/q+1. The van der Waals surface area contributed by atoms with Crippen LogP contribution in [0.15, 0.2) is 0 Å². The van der Waals surface area contributed by atoms with Gasteiger partial charge in [0.05, 0.1) is 12.8 Å². The predicted octanol–water partition coefficient (Wildman–Crippen LogP) is 2.01. The van der Waals surface area contributed by atoms with E-state index in [9.17, 15) is 0 Å². The molecule has 0 radical (unpaired) electrons. The Morgan fingerprint density at radius 3 is 2.43 bits per heavy atom. The van der Waals surface area contributed by atoms with Crippen LogP contribution < -0.4 is 0 Å². The Morgan fingerprint density at radius 1 is 1.14 bits per heavy atom. The molecule has 2 aliphatic carbocycles. The van der Waals surface area contributed by atoms with Gasteiger partial charge in [-0.25, -0.2) is 0 Å². The van der Waals surface area contributed by atoms with Gasteiger partial charge in [0.1, 0.15) is 5.92 Å². The molecule has 7 heavy (non-hydrogen) atoms. The third-order valence-corrected chi connectivity index (χ3v) is 2.48. The lowest BCUT2D eigenvalue weighted by Crippen LogP contribution is -2.19. The Kier molecular flexibility index (Phi) is 0.643. The number of fused-ring (bicyclic) bond motifs is 1. The van der Waals surface area contributed by atoms with E-state index in [-0.39, 0.29) is 0 Å². The van der Waals surface area contributed by atoms with Crippen LogP contribution in [0, 0.1) is 18.3 Å². The average molecular weight is 95.2 g/mol. The summed E-state index contributed by atoms with van der Waals surface area (Å²) < 4.78 is 0. The van der Waals surface area contributed by atoms with Crippen molar-refractivity contribution >= 4 is 0 Å². The van der Waals surface area contributed by atoms with Gasteiger partial charge in [0.2, 0.25) is 0 Å². The van der Waals surface area contributed by atoms with Gasteiger partial charge in [-0.1, -0.05) is 0 Å². The van der Waals surface area contributed by atoms with E-state index in [1.807, 2.05) is 0 Å². The summed E-state index contributed by atoms with van der Waals surface area (Å²) in [5, 5.41) is 0. The maximum Gasteiger partial charge on any atom is 0.101 e. The summed E-state index contributed by atoms with van der Waals surface area (Å²) in [5.41, 5.74) is 0. The normalized spacial score (nSPS) is 46.9. The minimum atomic E-state index is 1.07. The Hall–Kier alpha value is -0.130. The summed E-state index contributed by atoms with van der Waals surface area (Å²) in [5.74, 6) is 2.21. The summed E-state index contributed by atoms with van der Waals surface area (Å²) in [7, 11) is 0. The van der Waals surface area contributed by atoms with Gasteiger partial charge < -0.3 is 0 Å². The number of rotatable bonds is 0. The highest BCUT2D eigenvalue weighted by molar-refractivity contribution is 4.96. The van der Waals surface area contributed by atoms with E-state index in [1.54, 1.807) is 0 Å². The van der Waals surface area contributed by atoms with Crippen LogP contribution in [0.1, 0.15) is 25.7 Å². The minimum Gasteiger partial charge on any atom is -0.0416 e. The van der Waals surface area contributed by atoms with E-state index in [0.717, 1.165) is 11.8 Å². The number of hydrogen-bond acceptors (Lipinski definition) is 0. The molecule has 0 aliphatic heterocycles. The lowest BCUT2D eigenvalue weighted by atomic mass is 9.77. The van der Waals surface area contributed by atoms with Gasteiger partial charge >= 0.3 is 0 Å². The molecule has 0 heteroatoms. The molecular formula is C7H11+. The van der Waals surface area contributed by atoms with Crippen molar-refractivity contribution in [3.8, 4) is 0 Å². The lowest BCUT2D eigenvalue weighted by molar-refractivity contribution is 0.245. The van der Waals surface area contributed by atoms with Crippen molar-refractivity contribution in [1.29, 1.82) is 0 Å². The average Bonchev–Trinajstić information content (AvgIpc) is 1.85. The summed E-state index contributed by atoms with van der Waals surface area (Å²) in [4.78, 5) is 0. The SMILES string of the molecule is [CH+]1CCC2CCC12. The topological polar surface area (TPSA) is 0 Å². The molecule has 0 aromatic heterocycles. The van der Waals surface area contributed by atoms with Crippen molar-refractivity contribution in [2.24, 2.45) is 11.8 Å². The fraction of sp³-hybridized carbons (Fsp3) is 0.857. The maximum absolute atomic E-state index is 2.51. The van der Waals surface area contributed by atoms with Crippen LogP contribution in [-0.4, -0.2) is 0 Å². The van der Waals surface area contributed by atoms with E-state index >= 15 is 0 Å². The molecule has 2 fully saturated rings. The molecule has 2 aliphatic rings. The molecule has 2 saturated carbocycles. The predicted molar refractivity (Wildman–Crippen MR) is 29.7 cm³/mol. The fourth-order valence-electron chi connectivity index (χ4n) is 1.79. The van der Waals surface area contributed by atoms with Crippen molar-refractivity contribution in [2.75, 3.05) is 0 Å². The molecule has 0 nitrogen and oxygen atoms in total. The Balaban J connectivity index is 2.03. The molecule has 2 atom stereocenters. The van der Waals surface area contributed by atoms with Crippen LogP contribution in [0.3, 0.4) is 0 Å². The van der Waals surface area contributed by atoms with E-state index in [0.29, 0.717) is 0 Å². The first-order valence-corrected chi connectivity index (χ1v) is 3.30. The largest absolute Gasteiger partial charge is 0.101 e. The Morgan fingerprint density at radius 2 is 2.14 bits per heavy atom. The molecule has 2 rings (SSSR count). The Bertz CT molecular complexity index is 66.1. The summed E-state index contributed by atoms with van der Waals surface area (Å²) in [6, 6.07) is 0. The second-order valence-corrected chi connectivity index (χ2v) is 2.81. The van der Waals surface area contributed by atoms with Gasteiger partial charge in [0.15, 0.2) is 0 Å². The zero-order chi connectivity index (χ0) is 4.69. The minimum absolute atomic E-state index is 1.07. The van der Waals surface area contributed by atoms with Crippen LogP contribution in [0.2, 0.25) is 0 Å². The number of hydrogen-bond donors (Lipinski definition) is 0. The van der Waals surface area contributed by atoms with Gasteiger partial charge in [0, 0.05) is 5.92 Å². The monoisotopic (exact) mass is 95.1 g/mol. The molecule has 0 aromatic carbocycles. The second-order valence-electron chi connectivity index (χ2n) is 2.81. The maximum atomic E-state index is 2.51. The van der Waals surface area contributed by atoms with Crippen LogP contribution in [-0.2, 0) is 0 Å². The lowest BCUT2D eigenvalue weighted by Gasteiger charge is -2.22. The van der Waals surface area contributed by atoms with E-state index in [4.69, 9.17) is 0 Å². The van der Waals surface area contributed by atoms with Crippen molar-refractivity contribution in [1.82, 2.24) is 0 Å². The van der Waals surface area contributed by atoms with E-state index in [1.165, 1.54) is 25.7 Å². The zero-order valence-electron chi connectivity index (χ0n) is 4.56. The highest BCUT2D eigenvalue weighted by Gasteiger charge is 2.42. The molecule has 0 amide bonds. The molecule has 0 bridgehead atoms. The molecule has 0 spiro atoms. The van der Waals surface area contributed by atoms with Crippen molar-refractivity contribution in [3.05, 3.63) is 6.42 Å². The van der Waals surface area contributed by atoms with E-state index in [2.05, 4.69) is 6.42 Å². The van der Waals surface area contributed by atoms with Crippen LogP contribution in [0.4, 0.5) is 0 Å². The first-order valence-electron chi connectivity index (χ1n) is 3.30. The molecule has 0 saturated heterocycles. The molecule has 2 unspecified atom stereocenters. The highest BCUT2D eigenvalue weighted by Crippen LogP contribution is 2.45. The fourth-order valence-corrected chi connectivity index (χ4v) is 1.79. The van der Waals surface area contributed by atoms with Crippen LogP contribution in [0.5, 0.6) is 0 Å². The molecule has 0 heterocycles. The third kappa shape index (κ3) is 0.398. The van der Waals surface area contributed by atoms with Crippen molar-refractivity contribution in [3.63, 3.8) is 0 Å². The van der Waals surface area contributed by atoms with Gasteiger partial charge in [0.25, 0.3) is 0 Å². The van der Waals surface area contributed by atoms with Crippen LogP contribution in [0.25, 0.3) is 0 Å².